The molecule has 3 aromatic carbocycles. The standard InChI is InChI=1S/C26H20Cl2N2O5/c1-14(31)29-17-7-9-18(10-8-17)30-23(15-4-3-5-19(12-15)35-2)22(25(33)26(30)34)24(32)16-6-11-20(27)21(28)13-16/h3-13,23,32H,1-2H3,(H,29,31)/b24-22-. The molecule has 2 N–H and O–H groups in total. The van der Waals surface area contributed by atoms with Crippen LogP contribution < -0.4 is 15.0 Å². The van der Waals surface area contributed by atoms with Crippen LogP contribution in [0.25, 0.3) is 5.76 Å². The van der Waals surface area contributed by atoms with Crippen LogP contribution in [-0.2, 0) is 14.4 Å². The number of aliphatic hydroxyl groups is 1. The Labute approximate surface area is 211 Å². The van der Waals surface area contributed by atoms with Crippen LogP contribution in [0, 0.1) is 0 Å². The zero-order valence-corrected chi connectivity index (χ0v) is 20.2. The van der Waals surface area contributed by atoms with Gasteiger partial charge >= 0.3 is 0 Å². The zero-order chi connectivity index (χ0) is 25.3. The van der Waals surface area contributed by atoms with E-state index in [2.05, 4.69) is 5.32 Å². The van der Waals surface area contributed by atoms with Gasteiger partial charge in [-0.15, -0.1) is 0 Å². The first-order valence-corrected chi connectivity index (χ1v) is 11.2. The molecular weight excluding hydrogens is 491 g/mol. The molecule has 1 saturated heterocycles. The molecule has 0 spiro atoms. The molecule has 0 aromatic heterocycles. The van der Waals surface area contributed by atoms with Crippen LogP contribution in [-0.4, -0.2) is 29.8 Å². The van der Waals surface area contributed by atoms with Crippen LogP contribution in [0.15, 0.2) is 72.3 Å². The van der Waals surface area contributed by atoms with Crippen LogP contribution in [0.3, 0.4) is 0 Å². The first-order valence-electron chi connectivity index (χ1n) is 10.5. The van der Waals surface area contributed by atoms with Gasteiger partial charge in [-0.1, -0.05) is 35.3 Å². The van der Waals surface area contributed by atoms with Gasteiger partial charge in [0.2, 0.25) is 5.91 Å². The van der Waals surface area contributed by atoms with Gasteiger partial charge in [0.15, 0.2) is 0 Å². The molecule has 35 heavy (non-hydrogen) atoms. The smallest absolute Gasteiger partial charge is 0.300 e. The van der Waals surface area contributed by atoms with Crippen molar-refractivity contribution in [1.29, 1.82) is 0 Å². The molecule has 178 valence electrons. The first kappa shape index (κ1) is 24.3. The number of aliphatic hydroxyl groups excluding tert-OH is 1. The van der Waals surface area contributed by atoms with Gasteiger partial charge in [-0.05, 0) is 60.2 Å². The Morgan fingerprint density at radius 3 is 2.34 bits per heavy atom. The maximum atomic E-state index is 13.3. The minimum Gasteiger partial charge on any atom is -0.507 e. The second-order valence-electron chi connectivity index (χ2n) is 7.80. The second kappa shape index (κ2) is 9.82. The van der Waals surface area contributed by atoms with Crippen LogP contribution in [0.2, 0.25) is 10.0 Å². The molecule has 1 atom stereocenters. The van der Waals surface area contributed by atoms with Gasteiger partial charge in [0.05, 0.1) is 28.8 Å². The summed E-state index contributed by atoms with van der Waals surface area (Å²) in [6, 6.07) is 16.9. The van der Waals surface area contributed by atoms with Crippen LogP contribution in [0.1, 0.15) is 24.1 Å². The molecule has 1 unspecified atom stereocenters. The number of methoxy groups -OCH3 is 1. The summed E-state index contributed by atoms with van der Waals surface area (Å²) in [6.07, 6.45) is 0. The third kappa shape index (κ3) is 4.73. The van der Waals surface area contributed by atoms with Crippen molar-refractivity contribution in [1.82, 2.24) is 0 Å². The number of ether oxygens (including phenoxy) is 1. The number of nitrogens with zero attached hydrogens (tertiary/aromatic N) is 1. The number of hydrogen-bond acceptors (Lipinski definition) is 5. The number of nitrogens with one attached hydrogen (secondary N) is 1. The Hall–Kier alpha value is -3.81. The predicted molar refractivity (Wildman–Crippen MR) is 135 cm³/mol. The van der Waals surface area contributed by atoms with Crippen molar-refractivity contribution in [3.05, 3.63) is 93.5 Å². The number of halogens is 2. The highest BCUT2D eigenvalue weighted by molar-refractivity contribution is 6.51. The molecule has 9 heteroatoms. The molecule has 1 aliphatic heterocycles. The van der Waals surface area contributed by atoms with Crippen molar-refractivity contribution in [2.24, 2.45) is 0 Å². The average molecular weight is 511 g/mol. The Morgan fingerprint density at radius 2 is 1.71 bits per heavy atom. The monoisotopic (exact) mass is 510 g/mol. The van der Waals surface area contributed by atoms with E-state index in [-0.39, 0.29) is 32.8 Å². The molecule has 3 aromatic rings. The SMILES string of the molecule is COc1cccc(C2/C(=C(/O)c3ccc(Cl)c(Cl)c3)C(=O)C(=O)N2c2ccc(NC(C)=O)cc2)c1. The number of anilines is 2. The summed E-state index contributed by atoms with van der Waals surface area (Å²) in [5.41, 5.74) is 1.63. The maximum Gasteiger partial charge on any atom is 0.300 e. The molecule has 1 heterocycles. The van der Waals surface area contributed by atoms with Crippen molar-refractivity contribution in [2.75, 3.05) is 17.3 Å². The number of ketones is 1. The van der Waals surface area contributed by atoms with E-state index in [0.29, 0.717) is 22.7 Å². The lowest BCUT2D eigenvalue weighted by atomic mass is 9.95. The summed E-state index contributed by atoms with van der Waals surface area (Å²) in [7, 11) is 1.51. The molecule has 0 saturated carbocycles. The topological polar surface area (TPSA) is 95.9 Å². The van der Waals surface area contributed by atoms with Crippen LogP contribution >= 0.6 is 23.2 Å². The van der Waals surface area contributed by atoms with Gasteiger partial charge in [0.25, 0.3) is 11.7 Å². The highest BCUT2D eigenvalue weighted by Crippen LogP contribution is 2.43. The minimum atomic E-state index is -0.953. The highest BCUT2D eigenvalue weighted by Gasteiger charge is 2.47. The maximum absolute atomic E-state index is 13.3. The molecule has 4 rings (SSSR count). The van der Waals surface area contributed by atoms with Gasteiger partial charge in [-0.2, -0.15) is 0 Å². The number of hydrogen-bond donors (Lipinski definition) is 2. The summed E-state index contributed by atoms with van der Waals surface area (Å²) < 4.78 is 5.33. The number of Topliss-reactive ketones (excluding diaryl/α,β-unsaturated/α-hetero) is 1. The van der Waals surface area contributed by atoms with Crippen molar-refractivity contribution in [3.63, 3.8) is 0 Å². The molecule has 0 radical (unpaired) electrons. The third-order valence-corrected chi connectivity index (χ3v) is 6.25. The number of rotatable bonds is 5. The van der Waals surface area contributed by atoms with Crippen molar-refractivity contribution in [2.45, 2.75) is 13.0 Å². The van der Waals surface area contributed by atoms with Crippen LogP contribution in [0.4, 0.5) is 11.4 Å². The molecular formula is C26H20Cl2N2O5. The van der Waals surface area contributed by atoms with Crippen molar-refractivity contribution < 1.29 is 24.2 Å². The van der Waals surface area contributed by atoms with Gasteiger partial charge in [-0.25, -0.2) is 0 Å². The first-order chi connectivity index (χ1) is 16.7. The number of carbonyl (C=O) groups is 3. The Bertz CT molecular complexity index is 1370. The lowest BCUT2D eigenvalue weighted by Crippen LogP contribution is -2.29. The zero-order valence-electron chi connectivity index (χ0n) is 18.7. The van der Waals surface area contributed by atoms with Crippen molar-refractivity contribution in [3.8, 4) is 5.75 Å². The number of carbonyl (C=O) groups excluding carboxylic acids is 3. The molecule has 1 aliphatic rings. The van der Waals surface area contributed by atoms with Gasteiger partial charge in [-0.3, -0.25) is 19.3 Å². The molecule has 0 aliphatic carbocycles. The van der Waals surface area contributed by atoms with E-state index in [4.69, 9.17) is 27.9 Å². The van der Waals surface area contributed by atoms with Crippen molar-refractivity contribution >= 4 is 57.9 Å². The second-order valence-corrected chi connectivity index (χ2v) is 8.62. The summed E-state index contributed by atoms with van der Waals surface area (Å²) in [4.78, 5) is 39.2. The Morgan fingerprint density at radius 1 is 1.00 bits per heavy atom. The van der Waals surface area contributed by atoms with Gasteiger partial charge in [0, 0.05) is 23.9 Å². The van der Waals surface area contributed by atoms with E-state index in [1.165, 1.54) is 37.1 Å². The summed E-state index contributed by atoms with van der Waals surface area (Å²) in [5.74, 6) is -1.77. The van der Waals surface area contributed by atoms with E-state index in [1.807, 2.05) is 0 Å². The fourth-order valence-corrected chi connectivity index (χ4v) is 4.23. The van der Waals surface area contributed by atoms with E-state index in [0.717, 1.165) is 0 Å². The van der Waals surface area contributed by atoms with E-state index < -0.39 is 17.7 Å². The molecule has 0 bridgehead atoms. The lowest BCUT2D eigenvalue weighted by Gasteiger charge is -2.26. The fraction of sp³-hybridized carbons (Fsp3) is 0.115. The quantitative estimate of drug-likeness (QED) is 0.265. The predicted octanol–water partition coefficient (Wildman–Crippen LogP) is 5.59. The van der Waals surface area contributed by atoms with Gasteiger partial charge < -0.3 is 15.2 Å². The summed E-state index contributed by atoms with van der Waals surface area (Å²) in [5, 5.41) is 14.3. The fourth-order valence-electron chi connectivity index (χ4n) is 3.93. The van der Waals surface area contributed by atoms with E-state index >= 15 is 0 Å². The minimum absolute atomic E-state index is 0.104. The van der Waals surface area contributed by atoms with Gasteiger partial charge in [0.1, 0.15) is 11.5 Å². The Kier molecular flexibility index (Phi) is 6.82. The average Bonchev–Trinajstić information content (AvgIpc) is 3.11. The van der Waals surface area contributed by atoms with E-state index in [1.54, 1.807) is 48.5 Å². The highest BCUT2D eigenvalue weighted by atomic mass is 35.5. The lowest BCUT2D eigenvalue weighted by molar-refractivity contribution is -0.132. The normalized spacial score (nSPS) is 16.9. The number of amides is 2. The van der Waals surface area contributed by atoms with E-state index in [9.17, 15) is 19.5 Å². The summed E-state index contributed by atoms with van der Waals surface area (Å²) >= 11 is 12.1. The molecule has 2 amide bonds. The summed E-state index contributed by atoms with van der Waals surface area (Å²) in [6.45, 7) is 1.39. The van der Waals surface area contributed by atoms with Crippen LogP contribution in [0.5, 0.6) is 5.75 Å². The third-order valence-electron chi connectivity index (χ3n) is 5.51. The number of benzene rings is 3. The molecule has 7 nitrogen and oxygen atoms in total. The molecule has 1 fully saturated rings. The largest absolute Gasteiger partial charge is 0.507 e. The Balaban J connectivity index is 1.90.